The van der Waals surface area contributed by atoms with Gasteiger partial charge in [0.2, 0.25) is 0 Å². The van der Waals surface area contributed by atoms with Crippen molar-refractivity contribution in [1.82, 2.24) is 5.32 Å². The number of rotatable bonds is 3. The number of nitrogens with one attached hydrogen (secondary N) is 1. The van der Waals surface area contributed by atoms with E-state index in [1.165, 1.54) is 38.6 Å². The number of fused-ring (bicyclic) bond motifs is 2. The Labute approximate surface area is 100 Å². The predicted octanol–water partition coefficient (Wildman–Crippen LogP) is 3.59. The zero-order valence-electron chi connectivity index (χ0n) is 11.4. The average molecular weight is 221 g/mol. The fourth-order valence-electron chi connectivity index (χ4n) is 4.55. The standard InChI is InChI=1S/C15H27N/c1-13(2)11-5-6-15(4,9-11)12(13)16-10-14(3)7-8-14/h11-12,16H,5-10H2,1-4H3. The van der Waals surface area contributed by atoms with E-state index in [4.69, 9.17) is 0 Å². The highest BCUT2D eigenvalue weighted by Gasteiger charge is 2.59. The molecule has 2 bridgehead atoms. The largest absolute Gasteiger partial charge is 0.312 e. The summed E-state index contributed by atoms with van der Waals surface area (Å²) in [6, 6.07) is 0.760. The molecule has 1 N–H and O–H groups in total. The van der Waals surface area contributed by atoms with E-state index in [2.05, 4.69) is 33.0 Å². The molecule has 3 fully saturated rings. The third kappa shape index (κ3) is 1.47. The van der Waals surface area contributed by atoms with Crippen LogP contribution in [-0.4, -0.2) is 12.6 Å². The normalized spacial score (nSPS) is 47.2. The summed E-state index contributed by atoms with van der Waals surface area (Å²) < 4.78 is 0. The third-order valence-corrected chi connectivity index (χ3v) is 6.11. The molecule has 3 aliphatic rings. The molecule has 16 heavy (non-hydrogen) atoms. The molecule has 0 radical (unpaired) electrons. The van der Waals surface area contributed by atoms with E-state index in [0.29, 0.717) is 16.2 Å². The van der Waals surface area contributed by atoms with Crippen LogP contribution in [0.4, 0.5) is 0 Å². The Bertz CT molecular complexity index is 298. The van der Waals surface area contributed by atoms with Gasteiger partial charge in [-0.25, -0.2) is 0 Å². The van der Waals surface area contributed by atoms with Crippen molar-refractivity contribution in [2.75, 3.05) is 6.54 Å². The Balaban J connectivity index is 1.72. The van der Waals surface area contributed by atoms with Gasteiger partial charge in [-0.1, -0.05) is 27.7 Å². The van der Waals surface area contributed by atoms with Gasteiger partial charge in [0.05, 0.1) is 0 Å². The molecule has 3 aliphatic carbocycles. The smallest absolute Gasteiger partial charge is 0.0175 e. The molecule has 0 heterocycles. The molecule has 0 aromatic rings. The summed E-state index contributed by atoms with van der Waals surface area (Å²) in [6.07, 6.45) is 7.27. The molecular formula is C15H27N. The average Bonchev–Trinajstić information content (AvgIpc) is 2.70. The van der Waals surface area contributed by atoms with Crippen molar-refractivity contribution < 1.29 is 0 Å². The second kappa shape index (κ2) is 3.04. The molecule has 92 valence electrons. The zero-order chi connectivity index (χ0) is 11.6. The Kier molecular flexibility index (Phi) is 2.11. The molecular weight excluding hydrogens is 194 g/mol. The van der Waals surface area contributed by atoms with Crippen molar-refractivity contribution in [2.24, 2.45) is 22.2 Å². The van der Waals surface area contributed by atoms with E-state index in [1.807, 2.05) is 0 Å². The lowest BCUT2D eigenvalue weighted by molar-refractivity contribution is 0.105. The van der Waals surface area contributed by atoms with Gasteiger partial charge in [-0.05, 0) is 54.3 Å². The van der Waals surface area contributed by atoms with E-state index < -0.39 is 0 Å². The predicted molar refractivity (Wildman–Crippen MR) is 68.4 cm³/mol. The lowest BCUT2D eigenvalue weighted by atomic mass is 9.68. The van der Waals surface area contributed by atoms with Gasteiger partial charge in [0.25, 0.3) is 0 Å². The van der Waals surface area contributed by atoms with Crippen LogP contribution in [0.15, 0.2) is 0 Å². The van der Waals surface area contributed by atoms with Gasteiger partial charge in [-0.3, -0.25) is 0 Å². The number of hydrogen-bond donors (Lipinski definition) is 1. The van der Waals surface area contributed by atoms with Crippen LogP contribution in [0, 0.1) is 22.2 Å². The van der Waals surface area contributed by atoms with Gasteiger partial charge >= 0.3 is 0 Å². The van der Waals surface area contributed by atoms with Crippen LogP contribution in [0.1, 0.15) is 59.8 Å². The van der Waals surface area contributed by atoms with Gasteiger partial charge < -0.3 is 5.32 Å². The van der Waals surface area contributed by atoms with Crippen LogP contribution >= 0.6 is 0 Å². The maximum absolute atomic E-state index is 3.95. The minimum absolute atomic E-state index is 0.526. The van der Waals surface area contributed by atoms with Crippen molar-refractivity contribution in [3.8, 4) is 0 Å². The zero-order valence-corrected chi connectivity index (χ0v) is 11.4. The maximum atomic E-state index is 3.95. The third-order valence-electron chi connectivity index (χ3n) is 6.11. The van der Waals surface area contributed by atoms with Crippen molar-refractivity contribution in [1.29, 1.82) is 0 Å². The van der Waals surface area contributed by atoms with E-state index in [9.17, 15) is 0 Å². The summed E-state index contributed by atoms with van der Waals surface area (Å²) in [6.45, 7) is 11.2. The van der Waals surface area contributed by atoms with E-state index in [-0.39, 0.29) is 0 Å². The van der Waals surface area contributed by atoms with Crippen LogP contribution in [-0.2, 0) is 0 Å². The van der Waals surface area contributed by atoms with Gasteiger partial charge in [0.15, 0.2) is 0 Å². The fourth-order valence-corrected chi connectivity index (χ4v) is 4.55. The molecule has 1 heteroatoms. The fraction of sp³-hybridized carbons (Fsp3) is 1.00. The summed E-state index contributed by atoms with van der Waals surface area (Å²) in [4.78, 5) is 0. The number of hydrogen-bond acceptors (Lipinski definition) is 1. The minimum atomic E-state index is 0.526. The summed E-state index contributed by atoms with van der Waals surface area (Å²) in [5.74, 6) is 0.974. The van der Waals surface area contributed by atoms with Gasteiger partial charge in [-0.15, -0.1) is 0 Å². The highest BCUT2D eigenvalue weighted by Crippen LogP contribution is 2.62. The highest BCUT2D eigenvalue weighted by molar-refractivity contribution is 5.12. The Hall–Kier alpha value is -0.0400. The van der Waals surface area contributed by atoms with Crippen molar-refractivity contribution >= 4 is 0 Å². The molecule has 0 saturated heterocycles. The molecule has 0 aliphatic heterocycles. The van der Waals surface area contributed by atoms with E-state index in [0.717, 1.165) is 12.0 Å². The summed E-state index contributed by atoms with van der Waals surface area (Å²) >= 11 is 0. The van der Waals surface area contributed by atoms with Crippen molar-refractivity contribution in [3.63, 3.8) is 0 Å². The lowest BCUT2D eigenvalue weighted by Gasteiger charge is -2.44. The van der Waals surface area contributed by atoms with E-state index in [1.54, 1.807) is 0 Å². The molecule has 0 spiro atoms. The van der Waals surface area contributed by atoms with Crippen LogP contribution in [0.3, 0.4) is 0 Å². The molecule has 0 amide bonds. The summed E-state index contributed by atoms with van der Waals surface area (Å²) in [5, 5.41) is 3.95. The molecule has 0 aromatic heterocycles. The Morgan fingerprint density at radius 1 is 1.06 bits per heavy atom. The molecule has 0 aromatic carbocycles. The van der Waals surface area contributed by atoms with E-state index >= 15 is 0 Å². The van der Waals surface area contributed by atoms with Crippen LogP contribution in [0.2, 0.25) is 0 Å². The molecule has 3 unspecified atom stereocenters. The second-order valence-electron chi connectivity index (χ2n) is 8.04. The van der Waals surface area contributed by atoms with Gasteiger partial charge in [-0.2, -0.15) is 0 Å². The van der Waals surface area contributed by atoms with Crippen LogP contribution in [0.25, 0.3) is 0 Å². The Morgan fingerprint density at radius 2 is 1.75 bits per heavy atom. The monoisotopic (exact) mass is 221 g/mol. The quantitative estimate of drug-likeness (QED) is 0.768. The lowest BCUT2D eigenvalue weighted by Crippen LogP contribution is -2.51. The van der Waals surface area contributed by atoms with Crippen molar-refractivity contribution in [2.45, 2.75) is 65.8 Å². The maximum Gasteiger partial charge on any atom is 0.0175 e. The Morgan fingerprint density at radius 3 is 2.25 bits per heavy atom. The van der Waals surface area contributed by atoms with Gasteiger partial charge in [0.1, 0.15) is 0 Å². The SMILES string of the molecule is CC1(CNC2C3(C)CCC(C3)C2(C)C)CC1. The summed E-state index contributed by atoms with van der Waals surface area (Å²) in [7, 11) is 0. The van der Waals surface area contributed by atoms with Crippen LogP contribution < -0.4 is 5.32 Å². The van der Waals surface area contributed by atoms with Crippen molar-refractivity contribution in [3.05, 3.63) is 0 Å². The first-order valence-corrected chi connectivity index (χ1v) is 7.09. The first-order valence-electron chi connectivity index (χ1n) is 7.09. The first kappa shape index (κ1) is 11.1. The molecule has 3 rings (SSSR count). The molecule has 3 saturated carbocycles. The van der Waals surface area contributed by atoms with Gasteiger partial charge in [0, 0.05) is 12.6 Å². The molecule has 3 atom stereocenters. The second-order valence-corrected chi connectivity index (χ2v) is 8.04. The molecule has 1 nitrogen and oxygen atoms in total. The topological polar surface area (TPSA) is 12.0 Å². The van der Waals surface area contributed by atoms with Crippen LogP contribution in [0.5, 0.6) is 0 Å². The minimum Gasteiger partial charge on any atom is -0.312 e. The highest BCUT2D eigenvalue weighted by atomic mass is 15.0. The first-order chi connectivity index (χ1) is 7.36. The summed E-state index contributed by atoms with van der Waals surface area (Å²) in [5.41, 5.74) is 1.77.